The molecule has 2 aromatic heterocycles. The average Bonchev–Trinajstić information content (AvgIpc) is 3.16. The summed E-state index contributed by atoms with van der Waals surface area (Å²) in [6.45, 7) is 3.72. The van der Waals surface area contributed by atoms with Gasteiger partial charge in [0.15, 0.2) is 11.6 Å². The zero-order chi connectivity index (χ0) is 16.4. The number of hydrogen-bond acceptors (Lipinski definition) is 4. The summed E-state index contributed by atoms with van der Waals surface area (Å²) in [5.74, 6) is 1.40. The zero-order valence-corrected chi connectivity index (χ0v) is 13.3. The van der Waals surface area contributed by atoms with Crippen LogP contribution in [0.15, 0.2) is 29.0 Å². The van der Waals surface area contributed by atoms with Gasteiger partial charge in [0.1, 0.15) is 11.6 Å². The summed E-state index contributed by atoms with van der Waals surface area (Å²) >= 11 is 0. The Kier molecular flexibility index (Phi) is 4.14. The molecule has 0 spiro atoms. The first-order valence-electron chi connectivity index (χ1n) is 7.38. The molecule has 5 nitrogen and oxygen atoms in total. The Morgan fingerprint density at radius 3 is 2.70 bits per heavy atom. The molecule has 6 heteroatoms. The summed E-state index contributed by atoms with van der Waals surface area (Å²) in [5.41, 5.74) is 3.41. The first-order valence-corrected chi connectivity index (χ1v) is 7.38. The molecule has 1 N–H and O–H groups in total. The Bertz CT molecular complexity index is 790. The van der Waals surface area contributed by atoms with Crippen molar-refractivity contribution < 1.29 is 13.7 Å². The summed E-state index contributed by atoms with van der Waals surface area (Å²) in [6, 6.07) is 3.22. The fraction of sp³-hybridized carbons (Fsp3) is 0.294. The van der Waals surface area contributed by atoms with Crippen molar-refractivity contribution in [1.82, 2.24) is 15.1 Å². The van der Waals surface area contributed by atoms with Gasteiger partial charge < -0.3 is 14.2 Å². The van der Waals surface area contributed by atoms with Crippen LogP contribution in [-0.2, 0) is 12.8 Å². The minimum Gasteiger partial charge on any atom is -0.494 e. The topological polar surface area (TPSA) is 63.9 Å². The van der Waals surface area contributed by atoms with Crippen LogP contribution >= 0.6 is 0 Å². The Morgan fingerprint density at radius 2 is 2.09 bits per heavy atom. The molecular weight excluding hydrogens is 297 g/mol. The standard InChI is InChI=1S/C17H18FN3O2/c1-10-17(11(2)23-21-10)13-9-15(22-3)14(18)8-12(13)4-5-16-19-6-7-20-16/h6-9H,4-5H2,1-3H3,(H,19,20). The molecule has 23 heavy (non-hydrogen) atoms. The van der Waals surface area contributed by atoms with E-state index in [1.165, 1.54) is 13.2 Å². The van der Waals surface area contributed by atoms with Crippen molar-refractivity contribution >= 4 is 0 Å². The van der Waals surface area contributed by atoms with Gasteiger partial charge in [0, 0.05) is 24.4 Å². The van der Waals surface area contributed by atoms with Crippen LogP contribution in [-0.4, -0.2) is 22.2 Å². The number of nitrogens with zero attached hydrogens (tertiary/aromatic N) is 2. The maximum atomic E-state index is 14.2. The van der Waals surface area contributed by atoms with E-state index < -0.39 is 0 Å². The maximum absolute atomic E-state index is 14.2. The normalized spacial score (nSPS) is 11.0. The lowest BCUT2D eigenvalue weighted by Gasteiger charge is -2.12. The van der Waals surface area contributed by atoms with Crippen molar-refractivity contribution in [3.8, 4) is 16.9 Å². The van der Waals surface area contributed by atoms with Gasteiger partial charge in [-0.15, -0.1) is 0 Å². The van der Waals surface area contributed by atoms with E-state index in [4.69, 9.17) is 9.26 Å². The second-order valence-corrected chi connectivity index (χ2v) is 5.38. The second kappa shape index (κ2) is 6.24. The number of methoxy groups -OCH3 is 1. The average molecular weight is 315 g/mol. The predicted octanol–water partition coefficient (Wildman–Crippen LogP) is 3.61. The highest BCUT2D eigenvalue weighted by atomic mass is 19.1. The van der Waals surface area contributed by atoms with Crippen LogP contribution in [0.3, 0.4) is 0 Å². The number of H-pyrrole nitrogens is 1. The highest BCUT2D eigenvalue weighted by molar-refractivity contribution is 5.72. The molecule has 0 unspecified atom stereocenters. The third-order valence-electron chi connectivity index (χ3n) is 3.87. The third kappa shape index (κ3) is 2.97. The molecule has 0 radical (unpaired) electrons. The van der Waals surface area contributed by atoms with Crippen LogP contribution in [0, 0.1) is 19.7 Å². The third-order valence-corrected chi connectivity index (χ3v) is 3.87. The van der Waals surface area contributed by atoms with E-state index in [9.17, 15) is 4.39 Å². The molecule has 0 saturated heterocycles. The monoisotopic (exact) mass is 315 g/mol. The fourth-order valence-electron chi connectivity index (χ4n) is 2.75. The molecule has 0 saturated carbocycles. The van der Waals surface area contributed by atoms with Crippen LogP contribution in [0.25, 0.3) is 11.1 Å². The summed E-state index contributed by atoms with van der Waals surface area (Å²) in [6.07, 6.45) is 4.82. The van der Waals surface area contributed by atoms with Crippen molar-refractivity contribution in [3.63, 3.8) is 0 Å². The summed E-state index contributed by atoms with van der Waals surface area (Å²) < 4.78 is 24.5. The van der Waals surface area contributed by atoms with Crippen molar-refractivity contribution in [3.05, 3.63) is 53.2 Å². The van der Waals surface area contributed by atoms with Crippen molar-refractivity contribution in [1.29, 1.82) is 0 Å². The van der Waals surface area contributed by atoms with Gasteiger partial charge in [-0.3, -0.25) is 0 Å². The first kappa shape index (κ1) is 15.3. The number of aryl methyl sites for hydroxylation is 4. The number of hydrogen-bond donors (Lipinski definition) is 1. The molecular formula is C17H18FN3O2. The van der Waals surface area contributed by atoms with E-state index in [0.29, 0.717) is 18.6 Å². The van der Waals surface area contributed by atoms with E-state index >= 15 is 0 Å². The van der Waals surface area contributed by atoms with Gasteiger partial charge in [0.2, 0.25) is 0 Å². The zero-order valence-electron chi connectivity index (χ0n) is 13.3. The lowest BCUT2D eigenvalue weighted by atomic mass is 9.95. The Hall–Kier alpha value is -2.63. The molecule has 0 bridgehead atoms. The van der Waals surface area contributed by atoms with E-state index in [0.717, 1.165) is 28.2 Å². The summed E-state index contributed by atoms with van der Waals surface area (Å²) in [5, 5.41) is 3.99. The number of imidazole rings is 1. The number of ether oxygens (including phenoxy) is 1. The van der Waals surface area contributed by atoms with Crippen LogP contribution < -0.4 is 4.74 Å². The van der Waals surface area contributed by atoms with Gasteiger partial charge in [-0.2, -0.15) is 0 Å². The number of halogens is 1. The fourth-order valence-corrected chi connectivity index (χ4v) is 2.75. The Morgan fingerprint density at radius 1 is 1.26 bits per heavy atom. The molecule has 0 fully saturated rings. The highest BCUT2D eigenvalue weighted by Crippen LogP contribution is 2.34. The number of benzene rings is 1. The molecule has 0 aliphatic heterocycles. The molecule has 0 atom stereocenters. The van der Waals surface area contributed by atoms with Crippen molar-refractivity contribution in [2.24, 2.45) is 0 Å². The molecule has 0 aliphatic carbocycles. The Labute approximate surface area is 133 Å². The summed E-state index contributed by atoms with van der Waals surface area (Å²) in [4.78, 5) is 7.27. The van der Waals surface area contributed by atoms with Gasteiger partial charge in [-0.05, 0) is 43.5 Å². The number of aromatic nitrogens is 3. The maximum Gasteiger partial charge on any atom is 0.165 e. The quantitative estimate of drug-likeness (QED) is 0.781. The van der Waals surface area contributed by atoms with Gasteiger partial charge in [0.05, 0.1) is 12.8 Å². The van der Waals surface area contributed by atoms with Crippen LogP contribution in [0.1, 0.15) is 22.8 Å². The number of rotatable bonds is 5. The smallest absolute Gasteiger partial charge is 0.165 e. The summed E-state index contributed by atoms with van der Waals surface area (Å²) in [7, 11) is 1.46. The number of aromatic amines is 1. The highest BCUT2D eigenvalue weighted by Gasteiger charge is 2.18. The molecule has 3 aromatic rings. The molecule has 1 aromatic carbocycles. The van der Waals surface area contributed by atoms with E-state index in [1.807, 2.05) is 13.8 Å². The molecule has 120 valence electrons. The predicted molar refractivity (Wildman–Crippen MR) is 83.9 cm³/mol. The number of nitrogens with one attached hydrogen (secondary N) is 1. The molecule has 0 aliphatic rings. The van der Waals surface area contributed by atoms with Gasteiger partial charge in [-0.1, -0.05) is 5.16 Å². The second-order valence-electron chi connectivity index (χ2n) is 5.38. The molecule has 0 amide bonds. The molecule has 2 heterocycles. The Balaban J connectivity index is 2.04. The largest absolute Gasteiger partial charge is 0.494 e. The van der Waals surface area contributed by atoms with Crippen LogP contribution in [0.5, 0.6) is 5.75 Å². The van der Waals surface area contributed by atoms with E-state index in [2.05, 4.69) is 15.1 Å². The van der Waals surface area contributed by atoms with Crippen molar-refractivity contribution in [2.75, 3.05) is 7.11 Å². The minimum absolute atomic E-state index is 0.210. The minimum atomic E-state index is -0.377. The first-order chi connectivity index (χ1) is 11.1. The lowest BCUT2D eigenvalue weighted by Crippen LogP contribution is -2.00. The van der Waals surface area contributed by atoms with Gasteiger partial charge in [-0.25, -0.2) is 9.37 Å². The van der Waals surface area contributed by atoms with Crippen LogP contribution in [0.2, 0.25) is 0 Å². The van der Waals surface area contributed by atoms with Crippen molar-refractivity contribution in [2.45, 2.75) is 26.7 Å². The van der Waals surface area contributed by atoms with Gasteiger partial charge in [0.25, 0.3) is 0 Å². The lowest BCUT2D eigenvalue weighted by molar-refractivity contribution is 0.386. The molecule has 3 rings (SSSR count). The van der Waals surface area contributed by atoms with E-state index in [-0.39, 0.29) is 11.6 Å². The SMILES string of the molecule is COc1cc(-c2c(C)noc2C)c(CCc2ncc[nH]2)cc1F. The van der Waals surface area contributed by atoms with E-state index in [1.54, 1.807) is 18.5 Å². The van der Waals surface area contributed by atoms with Gasteiger partial charge >= 0.3 is 0 Å². The van der Waals surface area contributed by atoms with Crippen LogP contribution in [0.4, 0.5) is 4.39 Å².